The number of benzene rings is 3. The summed E-state index contributed by atoms with van der Waals surface area (Å²) in [5.74, 6) is -0.389. The average Bonchev–Trinajstić information content (AvgIpc) is 3.30. The Morgan fingerprint density at radius 1 is 0.328 bits per heavy atom. The van der Waals surface area contributed by atoms with Crippen LogP contribution in [0, 0.1) is 0 Å². The van der Waals surface area contributed by atoms with Gasteiger partial charge in [-0.2, -0.15) is 0 Å². The number of carbonyl (C=O) groups excluding carboxylic acids is 1. The molecule has 15 nitrogen and oxygen atoms in total. The van der Waals surface area contributed by atoms with Crippen LogP contribution < -0.4 is 0 Å². The van der Waals surface area contributed by atoms with E-state index in [0.717, 1.165) is 16.7 Å². The van der Waals surface area contributed by atoms with Crippen LogP contribution in [0.25, 0.3) is 0 Å². The highest BCUT2D eigenvalue weighted by atomic mass is 16.6. The van der Waals surface area contributed by atoms with Gasteiger partial charge in [-0.25, -0.2) is 4.79 Å². The Morgan fingerprint density at radius 2 is 0.547 bits per heavy atom. The molecule has 360 valence electrons. The minimum atomic E-state index is -0.759. The number of esters is 1. The van der Waals surface area contributed by atoms with Gasteiger partial charge in [0.15, 0.2) is 0 Å². The number of ether oxygens (including phenoxy) is 14. The van der Waals surface area contributed by atoms with Crippen molar-refractivity contribution in [3.05, 3.63) is 108 Å². The van der Waals surface area contributed by atoms with E-state index in [4.69, 9.17) is 66.3 Å². The Bertz CT molecular complexity index is 1400. The molecule has 0 bridgehead atoms. The van der Waals surface area contributed by atoms with Crippen LogP contribution in [0.2, 0.25) is 0 Å². The molecule has 0 aromatic heterocycles. The highest BCUT2D eigenvalue weighted by molar-refractivity contribution is 5.71. The van der Waals surface area contributed by atoms with E-state index in [1.165, 1.54) is 0 Å². The first kappa shape index (κ1) is 54.9. The van der Waals surface area contributed by atoms with Crippen LogP contribution in [0.4, 0.5) is 0 Å². The molecule has 0 fully saturated rings. The molecule has 3 rings (SSSR count). The average molecular weight is 903 g/mol. The van der Waals surface area contributed by atoms with Gasteiger partial charge in [0.1, 0.15) is 17.8 Å². The second-order valence-electron chi connectivity index (χ2n) is 15.0. The lowest BCUT2D eigenvalue weighted by Crippen LogP contribution is -2.34. The summed E-state index contributed by atoms with van der Waals surface area (Å²) < 4.78 is 78.2. The predicted octanol–water partition coefficient (Wildman–Crippen LogP) is 5.54. The number of hydrogen-bond acceptors (Lipinski definition) is 15. The molecule has 0 saturated heterocycles. The van der Waals surface area contributed by atoms with Crippen molar-refractivity contribution in [3.8, 4) is 0 Å². The summed E-state index contributed by atoms with van der Waals surface area (Å²) in [4.78, 5) is 11.5. The molecule has 0 unspecified atom stereocenters. The molecule has 0 N–H and O–H groups in total. The van der Waals surface area contributed by atoms with Crippen molar-refractivity contribution >= 4 is 5.97 Å². The van der Waals surface area contributed by atoms with Crippen molar-refractivity contribution in [1.82, 2.24) is 0 Å². The molecule has 15 heteroatoms. The molecule has 0 aliphatic carbocycles. The zero-order chi connectivity index (χ0) is 45.5. The third kappa shape index (κ3) is 26.5. The summed E-state index contributed by atoms with van der Waals surface area (Å²) in [7, 11) is 0. The fraction of sp³-hybridized carbons (Fsp3) is 0.612. The van der Waals surface area contributed by atoms with Crippen LogP contribution in [-0.2, 0) is 76.7 Å². The van der Waals surface area contributed by atoms with E-state index in [0.29, 0.717) is 159 Å². The molecule has 0 aliphatic rings. The minimum absolute atomic E-state index is 0.0878. The van der Waals surface area contributed by atoms with Crippen molar-refractivity contribution in [2.24, 2.45) is 0 Å². The lowest BCUT2D eigenvalue weighted by atomic mass is 9.80. The molecule has 0 aliphatic heterocycles. The first-order valence-electron chi connectivity index (χ1n) is 22.4. The maximum absolute atomic E-state index is 11.5. The maximum Gasteiger partial charge on any atom is 0.332 e. The summed E-state index contributed by atoms with van der Waals surface area (Å²) in [6, 6.07) is 30.9. The number of carbonyl (C=O) groups is 1. The normalized spacial score (nSPS) is 11.9. The molecule has 0 spiro atoms. The number of hydrogen-bond donors (Lipinski definition) is 0. The first-order chi connectivity index (χ1) is 31.4. The Hall–Kier alpha value is -3.39. The monoisotopic (exact) mass is 903 g/mol. The van der Waals surface area contributed by atoms with E-state index >= 15 is 0 Å². The number of rotatable bonds is 42. The van der Waals surface area contributed by atoms with Gasteiger partial charge in [-0.1, -0.05) is 91.0 Å². The smallest absolute Gasteiger partial charge is 0.332 e. The Balaban J connectivity index is 0.992. The maximum atomic E-state index is 11.5. The Kier molecular flexibility index (Phi) is 31.6. The summed E-state index contributed by atoms with van der Waals surface area (Å²) in [6.45, 7) is 16.4. The Labute approximate surface area is 381 Å². The van der Waals surface area contributed by atoms with E-state index in [1.54, 1.807) is 0 Å². The highest BCUT2D eigenvalue weighted by Gasteiger charge is 2.37. The summed E-state index contributed by atoms with van der Waals surface area (Å²) >= 11 is 0. The molecule has 0 amide bonds. The van der Waals surface area contributed by atoms with Gasteiger partial charge in [-0.15, -0.1) is 0 Å². The predicted molar refractivity (Wildman–Crippen MR) is 241 cm³/mol. The van der Waals surface area contributed by atoms with E-state index in [1.807, 2.05) is 75.4 Å². The topological polar surface area (TPSA) is 146 Å². The second-order valence-corrected chi connectivity index (χ2v) is 15.0. The minimum Gasteiger partial charge on any atom is -0.458 e. The third-order valence-corrected chi connectivity index (χ3v) is 8.82. The van der Waals surface area contributed by atoms with E-state index < -0.39 is 11.2 Å². The fourth-order valence-corrected chi connectivity index (χ4v) is 5.97. The van der Waals surface area contributed by atoms with Gasteiger partial charge < -0.3 is 66.3 Å². The molecule has 0 atom stereocenters. The van der Waals surface area contributed by atoms with E-state index in [-0.39, 0.29) is 12.6 Å². The zero-order valence-corrected chi connectivity index (χ0v) is 38.5. The molecule has 0 saturated carbocycles. The van der Waals surface area contributed by atoms with Crippen molar-refractivity contribution in [2.75, 3.05) is 165 Å². The standard InChI is InChI=1S/C49H74O15/c1-48(2,3)64-47(50)43-62-40-39-60-36-35-58-32-31-56-28-27-54-24-23-52-20-19-51-21-22-53-25-26-55-29-30-57-33-34-59-37-38-61-41-42-63-49(44-13-7-4-8-14-44,45-15-9-5-10-16-45)46-17-11-6-12-18-46/h4-18H,19-43H2,1-3H3. The van der Waals surface area contributed by atoms with Gasteiger partial charge in [0, 0.05) is 0 Å². The molecule has 64 heavy (non-hydrogen) atoms. The molecular formula is C49H74O15. The summed E-state index contributed by atoms with van der Waals surface area (Å²) in [5.41, 5.74) is 1.91. The third-order valence-electron chi connectivity index (χ3n) is 8.82. The van der Waals surface area contributed by atoms with Crippen LogP contribution in [0.15, 0.2) is 91.0 Å². The molecular weight excluding hydrogens is 829 g/mol. The van der Waals surface area contributed by atoms with Gasteiger partial charge in [-0.05, 0) is 37.5 Å². The van der Waals surface area contributed by atoms with Crippen LogP contribution in [-0.4, -0.2) is 177 Å². The molecule has 0 radical (unpaired) electrons. The van der Waals surface area contributed by atoms with Crippen LogP contribution >= 0.6 is 0 Å². The van der Waals surface area contributed by atoms with Gasteiger partial charge >= 0.3 is 5.97 Å². The van der Waals surface area contributed by atoms with Gasteiger partial charge in [-0.3, -0.25) is 0 Å². The SMILES string of the molecule is CC(C)(C)OC(=O)COCCOCCOCCOCCOCCOCCOCCOCCOCCOCCOCCOCCOC(c1ccccc1)(c1ccccc1)c1ccccc1. The first-order valence-corrected chi connectivity index (χ1v) is 22.4. The quantitative estimate of drug-likeness (QED) is 0.0399. The van der Waals surface area contributed by atoms with E-state index in [9.17, 15) is 4.79 Å². The fourth-order valence-electron chi connectivity index (χ4n) is 5.97. The van der Waals surface area contributed by atoms with Crippen molar-refractivity contribution in [2.45, 2.75) is 32.0 Å². The van der Waals surface area contributed by atoms with Gasteiger partial charge in [0.05, 0.1) is 159 Å². The lowest BCUT2D eigenvalue weighted by molar-refractivity contribution is -0.160. The Morgan fingerprint density at radius 3 is 0.781 bits per heavy atom. The molecule has 3 aromatic carbocycles. The zero-order valence-electron chi connectivity index (χ0n) is 38.5. The largest absolute Gasteiger partial charge is 0.458 e. The van der Waals surface area contributed by atoms with Crippen LogP contribution in [0.5, 0.6) is 0 Å². The highest BCUT2D eigenvalue weighted by Crippen LogP contribution is 2.40. The van der Waals surface area contributed by atoms with Crippen molar-refractivity contribution < 1.29 is 71.1 Å². The van der Waals surface area contributed by atoms with Crippen LogP contribution in [0.1, 0.15) is 37.5 Å². The molecule has 3 aromatic rings. The van der Waals surface area contributed by atoms with Crippen molar-refractivity contribution in [3.63, 3.8) is 0 Å². The van der Waals surface area contributed by atoms with E-state index in [2.05, 4.69) is 36.4 Å². The lowest BCUT2D eigenvalue weighted by Gasteiger charge is -2.36. The molecule has 0 heterocycles. The summed E-state index contributed by atoms with van der Waals surface area (Å²) in [5, 5.41) is 0. The summed E-state index contributed by atoms with van der Waals surface area (Å²) in [6.07, 6.45) is 0. The van der Waals surface area contributed by atoms with Gasteiger partial charge in [0.25, 0.3) is 0 Å². The van der Waals surface area contributed by atoms with Crippen LogP contribution in [0.3, 0.4) is 0 Å². The van der Waals surface area contributed by atoms with Gasteiger partial charge in [0.2, 0.25) is 0 Å². The van der Waals surface area contributed by atoms with Crippen molar-refractivity contribution in [1.29, 1.82) is 0 Å². The second kappa shape index (κ2) is 36.8.